The maximum atomic E-state index is 7.15. The van der Waals surface area contributed by atoms with E-state index < -0.39 is 6.85 Å². The smallest absolute Gasteiger partial charge is 0.0230 e. The molecule has 0 unspecified atom stereocenters. The Morgan fingerprint density at radius 3 is 1.16 bits per heavy atom. The zero-order chi connectivity index (χ0) is 16.5. The van der Waals surface area contributed by atoms with Crippen LogP contribution < -0.4 is 0 Å². The Kier molecular flexibility index (Phi) is 14.0. The predicted molar refractivity (Wildman–Crippen MR) is 93.3 cm³/mol. The summed E-state index contributed by atoms with van der Waals surface area (Å²) in [6.07, 6.45) is 20.1. The number of rotatable bonds is 16. The zero-order valence-corrected chi connectivity index (χ0v) is 14.5. The van der Waals surface area contributed by atoms with Gasteiger partial charge in [-0.05, 0) is 6.42 Å². The Bertz CT molecular complexity index is 217. The zero-order valence-electron chi connectivity index (χ0n) is 15.9. The number of halogens is 1. The highest BCUT2D eigenvalue weighted by Gasteiger charge is 1.94. The molecule has 116 valence electrons. The molecule has 0 aliphatic rings. The third-order valence-electron chi connectivity index (χ3n) is 3.81. The molecule has 0 saturated carbocycles. The molecule has 0 aliphatic carbocycles. The Balaban J connectivity index is 3.00. The van der Waals surface area contributed by atoms with Gasteiger partial charge in [0, 0.05) is 9.44 Å². The lowest BCUT2D eigenvalue weighted by Crippen LogP contribution is -1.83. The van der Waals surface area contributed by atoms with E-state index in [0.717, 1.165) is 18.2 Å². The first kappa shape index (κ1) is 14.4. The highest BCUT2D eigenvalue weighted by atomic mass is 79.9. The minimum atomic E-state index is -1.71. The first-order valence-corrected chi connectivity index (χ1v) is 9.74. The van der Waals surface area contributed by atoms with Crippen molar-refractivity contribution in [2.45, 2.75) is 110 Å². The van der Waals surface area contributed by atoms with Crippen LogP contribution in [0.25, 0.3) is 0 Å². The SMILES string of the molecule is [2H]C([2H])([2H])CCCCCCCCCCCCCCCCCBr. The van der Waals surface area contributed by atoms with Crippen molar-refractivity contribution in [1.82, 2.24) is 0 Å². The predicted octanol–water partition coefficient (Wildman–Crippen LogP) is 7.64. The maximum Gasteiger partial charge on any atom is 0.0230 e. The summed E-state index contributed by atoms with van der Waals surface area (Å²) in [7, 11) is 0. The summed E-state index contributed by atoms with van der Waals surface area (Å²) in [6.45, 7) is -1.71. The number of hydrogen-bond donors (Lipinski definition) is 0. The molecule has 0 rings (SSSR count). The third kappa shape index (κ3) is 18.5. The summed E-state index contributed by atoms with van der Waals surface area (Å²) in [5, 5.41) is 1.16. The Morgan fingerprint density at radius 2 is 0.842 bits per heavy atom. The molecule has 0 saturated heterocycles. The fraction of sp³-hybridized carbons (Fsp3) is 1.00. The highest BCUT2D eigenvalue weighted by Crippen LogP contribution is 2.13. The second-order valence-corrected chi connectivity index (χ2v) is 6.54. The Hall–Kier alpha value is 0.480. The van der Waals surface area contributed by atoms with Crippen LogP contribution in [0, 0.1) is 0 Å². The highest BCUT2D eigenvalue weighted by molar-refractivity contribution is 9.09. The van der Waals surface area contributed by atoms with Gasteiger partial charge in [-0.2, -0.15) is 0 Å². The van der Waals surface area contributed by atoms with Crippen molar-refractivity contribution in [2.75, 3.05) is 5.33 Å². The van der Waals surface area contributed by atoms with Crippen molar-refractivity contribution in [2.24, 2.45) is 0 Å². The molecule has 19 heavy (non-hydrogen) atoms. The van der Waals surface area contributed by atoms with E-state index in [1.165, 1.54) is 83.5 Å². The lowest BCUT2D eigenvalue weighted by Gasteiger charge is -2.03. The average Bonchev–Trinajstić information content (AvgIpc) is 2.45. The van der Waals surface area contributed by atoms with Gasteiger partial charge in [0.1, 0.15) is 0 Å². The number of unbranched alkanes of at least 4 members (excludes halogenated alkanes) is 14. The van der Waals surface area contributed by atoms with Crippen LogP contribution in [0.4, 0.5) is 0 Å². The van der Waals surface area contributed by atoms with E-state index in [1.807, 2.05) is 0 Å². The average molecular weight is 336 g/mol. The van der Waals surface area contributed by atoms with Gasteiger partial charge in [0.2, 0.25) is 0 Å². The van der Waals surface area contributed by atoms with Gasteiger partial charge in [0.15, 0.2) is 0 Å². The fourth-order valence-electron chi connectivity index (χ4n) is 2.52. The van der Waals surface area contributed by atoms with Crippen molar-refractivity contribution in [1.29, 1.82) is 0 Å². The van der Waals surface area contributed by atoms with Crippen molar-refractivity contribution in [3.05, 3.63) is 0 Å². The number of alkyl halides is 1. The second kappa shape index (κ2) is 18.5. The van der Waals surface area contributed by atoms with Crippen LogP contribution in [0.1, 0.15) is 114 Å². The molecular weight excluding hydrogens is 296 g/mol. The summed E-state index contributed by atoms with van der Waals surface area (Å²) in [6, 6.07) is 0. The van der Waals surface area contributed by atoms with Crippen molar-refractivity contribution in [3.63, 3.8) is 0 Å². The van der Waals surface area contributed by atoms with Gasteiger partial charge in [-0.3, -0.25) is 0 Å². The molecule has 0 aromatic rings. The standard InChI is InChI=1S/C18H37Br/c1-2-3-4-5-6-7-8-9-10-11-12-13-14-15-16-17-18-19/h2-18H2,1H3/i1D3. The van der Waals surface area contributed by atoms with Gasteiger partial charge in [-0.15, -0.1) is 0 Å². The molecule has 0 heterocycles. The van der Waals surface area contributed by atoms with E-state index in [9.17, 15) is 0 Å². The molecule has 0 bridgehead atoms. The molecule has 0 spiro atoms. The van der Waals surface area contributed by atoms with Gasteiger partial charge < -0.3 is 0 Å². The largest absolute Gasteiger partial charge is 0.0928 e. The normalized spacial score (nSPS) is 14.1. The Morgan fingerprint density at radius 1 is 0.526 bits per heavy atom. The van der Waals surface area contributed by atoms with E-state index in [4.69, 9.17) is 4.11 Å². The minimum Gasteiger partial charge on any atom is -0.0928 e. The molecule has 0 aliphatic heterocycles. The number of hydrogen-bond acceptors (Lipinski definition) is 0. The van der Waals surface area contributed by atoms with Crippen LogP contribution in [-0.2, 0) is 0 Å². The van der Waals surface area contributed by atoms with Crippen LogP contribution in [0.3, 0.4) is 0 Å². The van der Waals surface area contributed by atoms with Crippen LogP contribution in [0.2, 0.25) is 0 Å². The van der Waals surface area contributed by atoms with E-state index in [0.29, 0.717) is 6.42 Å². The first-order chi connectivity index (χ1) is 10.6. The molecular formula is C18H37Br. The summed E-state index contributed by atoms with van der Waals surface area (Å²) in [4.78, 5) is 0. The summed E-state index contributed by atoms with van der Waals surface area (Å²) < 4.78 is 21.4. The quantitative estimate of drug-likeness (QED) is 0.201. The molecule has 0 atom stereocenters. The van der Waals surface area contributed by atoms with Gasteiger partial charge >= 0.3 is 0 Å². The summed E-state index contributed by atoms with van der Waals surface area (Å²) >= 11 is 3.48. The second-order valence-electron chi connectivity index (χ2n) is 5.74. The van der Waals surface area contributed by atoms with E-state index in [1.54, 1.807) is 0 Å². The molecule has 1 heteroatoms. The maximum absolute atomic E-state index is 7.15. The lowest BCUT2D eigenvalue weighted by atomic mass is 10.0. The summed E-state index contributed by atoms with van der Waals surface area (Å²) in [5.41, 5.74) is 0. The van der Waals surface area contributed by atoms with Crippen LogP contribution in [0.15, 0.2) is 0 Å². The fourth-order valence-corrected chi connectivity index (χ4v) is 2.91. The minimum absolute atomic E-state index is 0.392. The molecule has 0 aromatic heterocycles. The van der Waals surface area contributed by atoms with Gasteiger partial charge in [0.25, 0.3) is 0 Å². The van der Waals surface area contributed by atoms with Crippen molar-refractivity contribution >= 4 is 15.9 Å². The Labute approximate surface area is 135 Å². The van der Waals surface area contributed by atoms with Crippen LogP contribution in [-0.4, -0.2) is 5.33 Å². The van der Waals surface area contributed by atoms with Crippen LogP contribution in [0.5, 0.6) is 0 Å². The van der Waals surface area contributed by atoms with Crippen molar-refractivity contribution in [3.8, 4) is 0 Å². The van der Waals surface area contributed by atoms with Crippen LogP contribution >= 0.6 is 15.9 Å². The molecule has 0 radical (unpaired) electrons. The van der Waals surface area contributed by atoms with Crippen molar-refractivity contribution < 1.29 is 4.11 Å². The topological polar surface area (TPSA) is 0 Å². The van der Waals surface area contributed by atoms with Gasteiger partial charge in [0.05, 0.1) is 0 Å². The van der Waals surface area contributed by atoms with E-state index in [-0.39, 0.29) is 0 Å². The summed E-state index contributed by atoms with van der Waals surface area (Å²) in [5.74, 6) is 0. The van der Waals surface area contributed by atoms with E-state index >= 15 is 0 Å². The lowest BCUT2D eigenvalue weighted by molar-refractivity contribution is 0.532. The van der Waals surface area contributed by atoms with Gasteiger partial charge in [-0.1, -0.05) is 119 Å². The third-order valence-corrected chi connectivity index (χ3v) is 4.37. The monoisotopic (exact) mass is 335 g/mol. The van der Waals surface area contributed by atoms with E-state index in [2.05, 4.69) is 15.9 Å². The molecule has 0 nitrogen and oxygen atoms in total. The van der Waals surface area contributed by atoms with Gasteiger partial charge in [-0.25, -0.2) is 0 Å². The molecule has 0 aromatic carbocycles. The first-order valence-electron chi connectivity index (χ1n) is 10.1. The molecule has 0 amide bonds. The molecule has 0 fully saturated rings. The molecule has 0 N–H and O–H groups in total.